The summed E-state index contributed by atoms with van der Waals surface area (Å²) in [6, 6.07) is 4.08. The van der Waals surface area contributed by atoms with Crippen molar-refractivity contribution in [3.8, 4) is 5.40 Å². The number of benzene rings is 1. The predicted octanol–water partition coefficient (Wildman–Crippen LogP) is 1.08. The van der Waals surface area contributed by atoms with E-state index in [1.807, 2.05) is 0 Å². The molecule has 0 aliphatic carbocycles. The largest absolute Gasteiger partial charge is 0.269 e. The first-order valence-electron chi connectivity index (χ1n) is 2.98. The molecule has 12 heavy (non-hydrogen) atoms. The third-order valence-electron chi connectivity index (χ3n) is 1.24. The molecule has 1 aromatic carbocycles. The average molecular weight is 185 g/mol. The van der Waals surface area contributed by atoms with Crippen LogP contribution < -0.4 is 0 Å². The predicted molar refractivity (Wildman–Crippen MR) is 39.2 cm³/mol. The van der Waals surface area contributed by atoms with Crippen LogP contribution in [-0.4, -0.2) is 8.42 Å². The maximum absolute atomic E-state index is 12.3. The summed E-state index contributed by atoms with van der Waals surface area (Å²) in [5, 5.41) is 9.31. The van der Waals surface area contributed by atoms with Gasteiger partial charge >= 0.3 is 0 Å². The minimum absolute atomic E-state index is 0.189. The van der Waals surface area contributed by atoms with Crippen LogP contribution in [0.4, 0.5) is 4.39 Å². The van der Waals surface area contributed by atoms with Gasteiger partial charge in [0, 0.05) is 0 Å². The number of sulfone groups is 1. The SMILES string of the molecule is N#CS(=O)(=O)c1ccc(F)cc1. The van der Waals surface area contributed by atoms with Crippen molar-refractivity contribution in [3.05, 3.63) is 30.1 Å². The summed E-state index contributed by atoms with van der Waals surface area (Å²) in [6.45, 7) is 0. The first kappa shape index (κ1) is 8.68. The van der Waals surface area contributed by atoms with Crippen LogP contribution in [0.25, 0.3) is 0 Å². The Morgan fingerprint density at radius 2 is 1.75 bits per heavy atom. The van der Waals surface area contributed by atoms with Gasteiger partial charge in [-0.15, -0.1) is 0 Å². The number of hydrogen-bond acceptors (Lipinski definition) is 3. The maximum atomic E-state index is 12.3. The molecule has 5 heteroatoms. The Hall–Kier alpha value is -1.41. The lowest BCUT2D eigenvalue weighted by molar-refractivity contribution is 0.604. The summed E-state index contributed by atoms with van der Waals surface area (Å²) in [5.74, 6) is -0.535. The zero-order valence-corrected chi connectivity index (χ0v) is 6.68. The Kier molecular flexibility index (Phi) is 2.11. The second-order valence-electron chi connectivity index (χ2n) is 2.05. The first-order valence-corrected chi connectivity index (χ1v) is 4.46. The van der Waals surface area contributed by atoms with Gasteiger partial charge in [0.15, 0.2) is 5.40 Å². The molecule has 0 bridgehead atoms. The lowest BCUT2D eigenvalue weighted by Gasteiger charge is -1.93. The van der Waals surface area contributed by atoms with Gasteiger partial charge in [0.1, 0.15) is 5.82 Å². The summed E-state index contributed by atoms with van der Waals surface area (Å²) in [6.07, 6.45) is 0. The van der Waals surface area contributed by atoms with Gasteiger partial charge in [0.05, 0.1) is 4.90 Å². The lowest BCUT2D eigenvalue weighted by Crippen LogP contribution is -1.95. The maximum Gasteiger partial charge on any atom is 0.269 e. The van der Waals surface area contributed by atoms with Gasteiger partial charge < -0.3 is 0 Å². The number of halogens is 1. The van der Waals surface area contributed by atoms with Crippen LogP contribution in [0.3, 0.4) is 0 Å². The number of nitrogens with zero attached hydrogens (tertiary/aromatic N) is 1. The van der Waals surface area contributed by atoms with E-state index in [0.29, 0.717) is 0 Å². The zero-order chi connectivity index (χ0) is 9.19. The molecule has 0 fully saturated rings. The summed E-state index contributed by atoms with van der Waals surface area (Å²) in [4.78, 5) is -0.189. The summed E-state index contributed by atoms with van der Waals surface area (Å²) in [5.41, 5.74) is 0. The molecule has 0 radical (unpaired) electrons. The van der Waals surface area contributed by atoms with Gasteiger partial charge in [0.2, 0.25) is 0 Å². The van der Waals surface area contributed by atoms with E-state index >= 15 is 0 Å². The van der Waals surface area contributed by atoms with E-state index in [0.717, 1.165) is 29.7 Å². The van der Waals surface area contributed by atoms with E-state index < -0.39 is 15.7 Å². The summed E-state index contributed by atoms with van der Waals surface area (Å²) in [7, 11) is -3.88. The van der Waals surface area contributed by atoms with E-state index in [2.05, 4.69) is 0 Å². The topological polar surface area (TPSA) is 57.9 Å². The van der Waals surface area contributed by atoms with Crippen LogP contribution in [0, 0.1) is 16.5 Å². The highest BCUT2D eigenvalue weighted by Crippen LogP contribution is 2.10. The highest BCUT2D eigenvalue weighted by molar-refractivity contribution is 7.95. The molecule has 0 N–H and O–H groups in total. The van der Waals surface area contributed by atoms with E-state index in [4.69, 9.17) is 5.26 Å². The van der Waals surface area contributed by atoms with Crippen molar-refractivity contribution in [2.24, 2.45) is 0 Å². The molecule has 3 nitrogen and oxygen atoms in total. The highest BCUT2D eigenvalue weighted by atomic mass is 32.2. The van der Waals surface area contributed by atoms with Gasteiger partial charge in [-0.25, -0.2) is 12.8 Å². The Morgan fingerprint density at radius 3 is 2.17 bits per heavy atom. The van der Waals surface area contributed by atoms with Crippen LogP contribution in [0.15, 0.2) is 29.2 Å². The van der Waals surface area contributed by atoms with Crippen molar-refractivity contribution in [2.75, 3.05) is 0 Å². The van der Waals surface area contributed by atoms with Crippen molar-refractivity contribution in [1.82, 2.24) is 0 Å². The number of thiocyanates is 1. The number of hydrogen-bond donors (Lipinski definition) is 0. The second-order valence-corrected chi connectivity index (χ2v) is 3.71. The van der Waals surface area contributed by atoms with Crippen molar-refractivity contribution in [1.29, 1.82) is 5.26 Å². The van der Waals surface area contributed by atoms with E-state index in [1.54, 1.807) is 0 Å². The third-order valence-corrected chi connectivity index (χ3v) is 2.38. The molecule has 0 amide bonds. The van der Waals surface area contributed by atoms with Gasteiger partial charge in [-0.05, 0) is 24.3 Å². The molecular weight excluding hydrogens is 181 g/mol. The molecule has 0 saturated carbocycles. The monoisotopic (exact) mass is 185 g/mol. The van der Waals surface area contributed by atoms with Crippen LogP contribution >= 0.6 is 0 Å². The molecule has 0 aliphatic rings. The van der Waals surface area contributed by atoms with E-state index in [9.17, 15) is 12.8 Å². The first-order chi connectivity index (χ1) is 5.56. The molecule has 0 heterocycles. The number of nitriles is 1. The Morgan fingerprint density at radius 1 is 1.25 bits per heavy atom. The third kappa shape index (κ3) is 1.60. The molecular formula is C7H4FNO2S. The van der Waals surface area contributed by atoms with Crippen LogP contribution in [0.5, 0.6) is 0 Å². The Labute approximate surface area is 69.0 Å². The van der Waals surface area contributed by atoms with Gasteiger partial charge in [0.25, 0.3) is 9.84 Å². The minimum Gasteiger partial charge on any atom is -0.208 e. The van der Waals surface area contributed by atoms with Gasteiger partial charge in [-0.2, -0.15) is 5.26 Å². The van der Waals surface area contributed by atoms with Crippen LogP contribution in [0.1, 0.15) is 0 Å². The van der Waals surface area contributed by atoms with Crippen molar-refractivity contribution in [2.45, 2.75) is 4.90 Å². The fourth-order valence-electron chi connectivity index (χ4n) is 0.666. The smallest absolute Gasteiger partial charge is 0.208 e. The fraction of sp³-hybridized carbons (Fsp3) is 0. The van der Waals surface area contributed by atoms with Gasteiger partial charge in [-0.3, -0.25) is 0 Å². The zero-order valence-electron chi connectivity index (χ0n) is 5.86. The average Bonchev–Trinajstić information content (AvgIpc) is 2.05. The lowest BCUT2D eigenvalue weighted by atomic mass is 10.4. The Bertz CT molecular complexity index is 416. The highest BCUT2D eigenvalue weighted by Gasteiger charge is 2.11. The molecule has 0 spiro atoms. The van der Waals surface area contributed by atoms with Crippen LogP contribution in [0.2, 0.25) is 0 Å². The molecule has 1 rings (SSSR count). The standard InChI is InChI=1S/C7H4FNO2S/c8-6-1-3-7(4-2-6)12(10,11)5-9/h1-4H. The molecule has 1 aromatic rings. The second kappa shape index (κ2) is 2.91. The van der Waals surface area contributed by atoms with Crippen LogP contribution in [-0.2, 0) is 9.84 Å². The molecule has 0 unspecified atom stereocenters. The minimum atomic E-state index is -3.88. The molecule has 0 aliphatic heterocycles. The van der Waals surface area contributed by atoms with E-state index in [-0.39, 0.29) is 4.90 Å². The molecule has 0 atom stereocenters. The van der Waals surface area contributed by atoms with Gasteiger partial charge in [-0.1, -0.05) is 0 Å². The molecule has 0 saturated heterocycles. The van der Waals surface area contributed by atoms with Crippen molar-refractivity contribution in [3.63, 3.8) is 0 Å². The summed E-state index contributed by atoms with van der Waals surface area (Å²) >= 11 is 0. The Balaban J connectivity index is 3.26. The quantitative estimate of drug-likeness (QED) is 0.373. The fourth-order valence-corrected chi connectivity index (χ4v) is 1.27. The van der Waals surface area contributed by atoms with Crippen molar-refractivity contribution >= 4 is 9.84 Å². The molecule has 62 valence electrons. The number of rotatable bonds is 1. The van der Waals surface area contributed by atoms with Crippen molar-refractivity contribution < 1.29 is 12.8 Å². The van der Waals surface area contributed by atoms with E-state index in [1.165, 1.54) is 0 Å². The summed E-state index contributed by atoms with van der Waals surface area (Å²) < 4.78 is 34.0. The normalized spacial score (nSPS) is 10.7. The molecule has 0 aromatic heterocycles.